The Morgan fingerprint density at radius 1 is 1.02 bits per heavy atom. The molecule has 1 fully saturated rings. The van der Waals surface area contributed by atoms with Crippen LogP contribution in [0.3, 0.4) is 0 Å². The Labute approximate surface area is 252 Å². The quantitative estimate of drug-likeness (QED) is 0.263. The molecule has 1 amide bonds. The van der Waals surface area contributed by atoms with Crippen LogP contribution in [0.2, 0.25) is 0 Å². The van der Waals surface area contributed by atoms with Gasteiger partial charge in [0.15, 0.2) is 0 Å². The number of hydrogen-bond donors (Lipinski definition) is 1. The summed E-state index contributed by atoms with van der Waals surface area (Å²) in [4.78, 5) is 20.0. The fourth-order valence-corrected chi connectivity index (χ4v) is 6.23. The molecule has 1 aliphatic heterocycles. The van der Waals surface area contributed by atoms with E-state index < -0.39 is 0 Å². The highest BCUT2D eigenvalue weighted by Crippen LogP contribution is 2.41. The lowest BCUT2D eigenvalue weighted by atomic mass is 9.96. The Balaban J connectivity index is 1.33. The SMILES string of the molecule is Cc1c(COc2cc(OCc3cncc(C#N)c3)c(C(=O)N3CC[C@H](CO)C3)c3c2CCC3)cccc1-c1ccccc1. The molecule has 0 spiro atoms. The van der Waals surface area contributed by atoms with Crippen LogP contribution in [0.5, 0.6) is 11.5 Å². The molecular formula is C36H35N3O4. The van der Waals surface area contributed by atoms with Crippen LogP contribution in [0.4, 0.5) is 0 Å². The number of nitrogens with zero attached hydrogens (tertiary/aromatic N) is 3. The number of amides is 1. The average molecular weight is 574 g/mol. The third-order valence-corrected chi connectivity index (χ3v) is 8.60. The summed E-state index contributed by atoms with van der Waals surface area (Å²) in [5, 5.41) is 19.0. The fourth-order valence-electron chi connectivity index (χ4n) is 6.23. The smallest absolute Gasteiger partial charge is 0.257 e. The van der Waals surface area contributed by atoms with Gasteiger partial charge in [0, 0.05) is 49.6 Å². The van der Waals surface area contributed by atoms with Crippen LogP contribution in [0, 0.1) is 24.2 Å². The van der Waals surface area contributed by atoms with Gasteiger partial charge < -0.3 is 19.5 Å². The Hall–Kier alpha value is -4.67. The number of carbonyl (C=O) groups is 1. The number of pyridine rings is 1. The molecule has 7 nitrogen and oxygen atoms in total. The molecule has 0 unspecified atom stereocenters. The first-order valence-corrected chi connectivity index (χ1v) is 14.9. The molecule has 1 aromatic heterocycles. The van der Waals surface area contributed by atoms with E-state index in [1.807, 2.05) is 29.2 Å². The normalized spacial score (nSPS) is 15.7. The Morgan fingerprint density at radius 3 is 2.63 bits per heavy atom. The minimum absolute atomic E-state index is 0.0639. The zero-order chi connectivity index (χ0) is 29.8. The number of hydrogen-bond acceptors (Lipinski definition) is 6. The summed E-state index contributed by atoms with van der Waals surface area (Å²) in [6.07, 6.45) is 6.51. The van der Waals surface area contributed by atoms with E-state index in [9.17, 15) is 15.2 Å². The molecule has 0 radical (unpaired) electrons. The zero-order valence-electron chi connectivity index (χ0n) is 24.4. The van der Waals surface area contributed by atoms with Gasteiger partial charge >= 0.3 is 0 Å². The van der Waals surface area contributed by atoms with Crippen molar-refractivity contribution in [2.75, 3.05) is 19.7 Å². The largest absolute Gasteiger partial charge is 0.488 e. The molecule has 7 heteroatoms. The minimum atomic E-state index is -0.0639. The van der Waals surface area contributed by atoms with E-state index in [1.54, 1.807) is 12.3 Å². The third kappa shape index (κ3) is 5.97. The first kappa shape index (κ1) is 28.4. The van der Waals surface area contributed by atoms with Gasteiger partial charge in [0.1, 0.15) is 30.8 Å². The van der Waals surface area contributed by atoms with Gasteiger partial charge in [-0.05, 0) is 72.1 Å². The van der Waals surface area contributed by atoms with Crippen LogP contribution in [0.1, 0.15) is 56.6 Å². The minimum Gasteiger partial charge on any atom is -0.488 e. The highest BCUT2D eigenvalue weighted by molar-refractivity contribution is 5.99. The van der Waals surface area contributed by atoms with Crippen LogP contribution in [-0.4, -0.2) is 40.6 Å². The van der Waals surface area contributed by atoms with Crippen molar-refractivity contribution in [1.82, 2.24) is 9.88 Å². The number of aromatic nitrogens is 1. The predicted molar refractivity (Wildman–Crippen MR) is 164 cm³/mol. The number of likely N-dealkylation sites (tertiary alicyclic amines) is 1. The van der Waals surface area contributed by atoms with E-state index in [0.717, 1.165) is 53.7 Å². The summed E-state index contributed by atoms with van der Waals surface area (Å²) >= 11 is 0. The lowest BCUT2D eigenvalue weighted by Gasteiger charge is -2.23. The van der Waals surface area contributed by atoms with Crippen molar-refractivity contribution in [2.24, 2.45) is 5.92 Å². The maximum atomic E-state index is 14.0. The van der Waals surface area contributed by atoms with Crippen molar-refractivity contribution in [2.45, 2.75) is 45.8 Å². The number of ether oxygens (including phenoxy) is 2. The van der Waals surface area contributed by atoms with Crippen LogP contribution < -0.4 is 9.47 Å². The lowest BCUT2D eigenvalue weighted by molar-refractivity contribution is 0.0775. The second-order valence-corrected chi connectivity index (χ2v) is 11.4. The van der Waals surface area contributed by atoms with E-state index >= 15 is 0 Å². The molecule has 2 aliphatic rings. The first-order chi connectivity index (χ1) is 21.1. The number of rotatable bonds is 9. The number of aliphatic hydroxyl groups is 1. The molecule has 6 rings (SSSR count). The van der Waals surface area contributed by atoms with Crippen molar-refractivity contribution in [1.29, 1.82) is 5.26 Å². The Morgan fingerprint density at radius 2 is 1.84 bits per heavy atom. The third-order valence-electron chi connectivity index (χ3n) is 8.60. The molecule has 1 saturated heterocycles. The van der Waals surface area contributed by atoms with Gasteiger partial charge in [-0.15, -0.1) is 0 Å². The Kier molecular flexibility index (Phi) is 8.39. The maximum Gasteiger partial charge on any atom is 0.257 e. The van der Waals surface area contributed by atoms with E-state index in [4.69, 9.17) is 9.47 Å². The summed E-state index contributed by atoms with van der Waals surface area (Å²) < 4.78 is 12.9. The van der Waals surface area contributed by atoms with Crippen LogP contribution >= 0.6 is 0 Å². The predicted octanol–water partition coefficient (Wildman–Crippen LogP) is 6.03. The molecule has 1 aliphatic carbocycles. The molecule has 43 heavy (non-hydrogen) atoms. The van der Waals surface area contributed by atoms with Crippen molar-refractivity contribution >= 4 is 5.91 Å². The second kappa shape index (κ2) is 12.7. The van der Waals surface area contributed by atoms with Gasteiger partial charge in [-0.2, -0.15) is 5.26 Å². The number of carbonyl (C=O) groups excluding carboxylic acids is 1. The molecule has 2 heterocycles. The van der Waals surface area contributed by atoms with E-state index in [1.165, 1.54) is 22.9 Å². The van der Waals surface area contributed by atoms with Crippen LogP contribution in [0.15, 0.2) is 73.1 Å². The molecule has 4 aromatic rings. The molecule has 1 N–H and O–H groups in total. The molecule has 218 valence electrons. The highest BCUT2D eigenvalue weighted by Gasteiger charge is 2.33. The summed E-state index contributed by atoms with van der Waals surface area (Å²) in [5.41, 5.74) is 8.46. The van der Waals surface area contributed by atoms with Gasteiger partial charge in [0.05, 0.1) is 11.1 Å². The second-order valence-electron chi connectivity index (χ2n) is 11.4. The van der Waals surface area contributed by atoms with E-state index in [2.05, 4.69) is 48.3 Å². The van der Waals surface area contributed by atoms with Gasteiger partial charge in [0.25, 0.3) is 5.91 Å². The maximum absolute atomic E-state index is 14.0. The topological polar surface area (TPSA) is 95.7 Å². The highest BCUT2D eigenvalue weighted by atomic mass is 16.5. The van der Waals surface area contributed by atoms with Gasteiger partial charge in [0.2, 0.25) is 0 Å². The number of fused-ring (bicyclic) bond motifs is 1. The van der Waals surface area contributed by atoms with Crippen LogP contribution in [0.25, 0.3) is 11.1 Å². The first-order valence-electron chi connectivity index (χ1n) is 14.9. The van der Waals surface area contributed by atoms with Crippen molar-refractivity contribution in [3.63, 3.8) is 0 Å². The Bertz CT molecular complexity index is 1680. The molecular weight excluding hydrogens is 538 g/mol. The van der Waals surface area contributed by atoms with Gasteiger partial charge in [-0.25, -0.2) is 0 Å². The van der Waals surface area contributed by atoms with E-state index in [0.29, 0.717) is 36.6 Å². The molecule has 0 bridgehead atoms. The summed E-state index contributed by atoms with van der Waals surface area (Å²) in [6.45, 7) is 3.91. The number of benzene rings is 3. The summed E-state index contributed by atoms with van der Waals surface area (Å²) in [7, 11) is 0. The monoisotopic (exact) mass is 573 g/mol. The van der Waals surface area contributed by atoms with Crippen molar-refractivity contribution in [3.05, 3.63) is 112 Å². The molecule has 1 atom stereocenters. The summed E-state index contributed by atoms with van der Waals surface area (Å²) in [5.74, 6) is 1.25. The average Bonchev–Trinajstić information content (AvgIpc) is 3.74. The van der Waals surface area contributed by atoms with Gasteiger partial charge in [-0.3, -0.25) is 9.78 Å². The number of aliphatic hydroxyl groups excluding tert-OH is 1. The zero-order valence-corrected chi connectivity index (χ0v) is 24.4. The van der Waals surface area contributed by atoms with Gasteiger partial charge in [-0.1, -0.05) is 48.5 Å². The van der Waals surface area contributed by atoms with Crippen molar-refractivity contribution in [3.8, 4) is 28.7 Å². The van der Waals surface area contributed by atoms with Crippen LogP contribution in [-0.2, 0) is 26.1 Å². The summed E-state index contributed by atoms with van der Waals surface area (Å²) in [6, 6.07) is 22.4. The molecule has 3 aromatic carbocycles. The standard InChI is InChI=1S/C36H35N3O4/c1-24-29(9-5-10-30(24)28-7-3-2-4-8-28)23-43-33-16-34(42-22-27-15-26(17-37)18-38-19-27)35(32-12-6-11-31(32)33)36(41)39-14-13-25(20-39)21-40/h2-5,7-10,15-16,18-19,25,40H,6,11-14,20-23H2,1H3/t25-/m0/s1. The fraction of sp³-hybridized carbons (Fsp3) is 0.306. The van der Waals surface area contributed by atoms with E-state index in [-0.39, 0.29) is 25.0 Å². The lowest BCUT2D eigenvalue weighted by Crippen LogP contribution is -2.30. The van der Waals surface area contributed by atoms with Crippen molar-refractivity contribution < 1.29 is 19.4 Å². The number of nitriles is 1. The molecule has 0 saturated carbocycles.